The van der Waals surface area contributed by atoms with Crippen LogP contribution in [0, 0.1) is 16.0 Å². The van der Waals surface area contributed by atoms with Crippen molar-refractivity contribution < 1.29 is 10.0 Å². The number of rotatable bonds is 4. The molecule has 1 aromatic rings. The molecule has 7 heteroatoms. The van der Waals surface area contributed by atoms with Crippen molar-refractivity contribution in [2.75, 3.05) is 0 Å². The van der Waals surface area contributed by atoms with Crippen molar-refractivity contribution in [1.29, 1.82) is 0 Å². The fourth-order valence-electron chi connectivity index (χ4n) is 1.81. The fraction of sp³-hybridized carbons (Fsp3) is 0.455. The summed E-state index contributed by atoms with van der Waals surface area (Å²) in [6, 6.07) is 3.79. The average molecular weight is 293 g/mol. The normalized spacial score (nSPS) is 17.7. The van der Waals surface area contributed by atoms with Gasteiger partial charge >= 0.3 is 0 Å². The van der Waals surface area contributed by atoms with Gasteiger partial charge < -0.3 is 10.8 Å². The van der Waals surface area contributed by atoms with Crippen LogP contribution in [0.2, 0.25) is 5.02 Å². The van der Waals surface area contributed by atoms with Gasteiger partial charge in [0.15, 0.2) is 0 Å². The third-order valence-electron chi connectivity index (χ3n) is 3.02. The summed E-state index contributed by atoms with van der Waals surface area (Å²) in [4.78, 5) is 10.2. The number of nitrogens with two attached hydrogens (primary N) is 1. The number of nitro groups is 1. The molecular formula is C11H14Cl2N2O3. The van der Waals surface area contributed by atoms with E-state index in [-0.39, 0.29) is 29.0 Å². The summed E-state index contributed by atoms with van der Waals surface area (Å²) in [5.74, 6) is 0.222. The highest BCUT2D eigenvalue weighted by Gasteiger charge is 2.34. The van der Waals surface area contributed by atoms with Crippen LogP contribution >= 0.6 is 24.0 Å². The molecule has 0 saturated heterocycles. The molecule has 0 aromatic heterocycles. The molecule has 0 unspecified atom stereocenters. The van der Waals surface area contributed by atoms with Gasteiger partial charge in [0.05, 0.1) is 17.1 Å². The molecule has 0 spiro atoms. The van der Waals surface area contributed by atoms with Crippen LogP contribution in [0.15, 0.2) is 18.2 Å². The summed E-state index contributed by atoms with van der Waals surface area (Å²) in [7, 11) is 0. The van der Waals surface area contributed by atoms with Crippen molar-refractivity contribution in [3.63, 3.8) is 0 Å². The number of aliphatic hydroxyl groups excluding tert-OH is 1. The van der Waals surface area contributed by atoms with Crippen molar-refractivity contribution in [1.82, 2.24) is 0 Å². The Morgan fingerprint density at radius 3 is 2.61 bits per heavy atom. The first-order chi connectivity index (χ1) is 8.00. The fourth-order valence-corrected chi connectivity index (χ4v) is 1.99. The SMILES string of the molecule is Cl.N[C@H](c1ccc(Cl)c([N+](=O)[O-])c1)[C@@H](O)C1CC1. The van der Waals surface area contributed by atoms with Gasteiger partial charge in [0.2, 0.25) is 0 Å². The highest BCUT2D eigenvalue weighted by Crippen LogP contribution is 2.38. The Balaban J connectivity index is 0.00000162. The minimum Gasteiger partial charge on any atom is -0.391 e. The molecule has 0 radical (unpaired) electrons. The number of hydrogen-bond donors (Lipinski definition) is 2. The Morgan fingerprint density at radius 2 is 2.11 bits per heavy atom. The van der Waals surface area contributed by atoms with Gasteiger partial charge in [-0.05, 0) is 30.4 Å². The smallest absolute Gasteiger partial charge is 0.288 e. The zero-order valence-electron chi connectivity index (χ0n) is 9.45. The molecule has 5 nitrogen and oxygen atoms in total. The van der Waals surface area contributed by atoms with Crippen LogP contribution in [0.3, 0.4) is 0 Å². The monoisotopic (exact) mass is 292 g/mol. The molecule has 3 N–H and O–H groups in total. The minimum atomic E-state index is -0.643. The minimum absolute atomic E-state index is 0. The van der Waals surface area contributed by atoms with E-state index < -0.39 is 17.1 Å². The first kappa shape index (κ1) is 15.2. The van der Waals surface area contributed by atoms with E-state index in [2.05, 4.69) is 0 Å². The van der Waals surface area contributed by atoms with Crippen LogP contribution in [-0.4, -0.2) is 16.1 Å². The molecule has 0 amide bonds. The maximum atomic E-state index is 10.7. The van der Waals surface area contributed by atoms with Crippen molar-refractivity contribution >= 4 is 29.7 Å². The zero-order valence-corrected chi connectivity index (χ0v) is 11.0. The predicted molar refractivity (Wildman–Crippen MR) is 71.0 cm³/mol. The van der Waals surface area contributed by atoms with Crippen LogP contribution in [0.25, 0.3) is 0 Å². The predicted octanol–water partition coefficient (Wildman–Crippen LogP) is 2.44. The van der Waals surface area contributed by atoms with E-state index in [0.29, 0.717) is 5.56 Å². The van der Waals surface area contributed by atoms with Gasteiger partial charge in [-0.15, -0.1) is 12.4 Å². The van der Waals surface area contributed by atoms with E-state index in [1.165, 1.54) is 12.1 Å². The van der Waals surface area contributed by atoms with E-state index in [1.54, 1.807) is 6.07 Å². The molecule has 1 aromatic carbocycles. The Kier molecular flexibility index (Phi) is 4.92. The molecule has 18 heavy (non-hydrogen) atoms. The van der Waals surface area contributed by atoms with E-state index in [4.69, 9.17) is 17.3 Å². The molecule has 1 aliphatic carbocycles. The molecule has 2 atom stereocenters. The number of nitro benzene ring substituents is 1. The van der Waals surface area contributed by atoms with Gasteiger partial charge in [-0.1, -0.05) is 17.7 Å². The summed E-state index contributed by atoms with van der Waals surface area (Å²) in [5.41, 5.74) is 6.25. The first-order valence-corrected chi connectivity index (χ1v) is 5.76. The molecule has 0 aliphatic heterocycles. The highest BCUT2D eigenvalue weighted by atomic mass is 35.5. The second-order valence-electron chi connectivity index (χ2n) is 4.32. The maximum absolute atomic E-state index is 10.7. The lowest BCUT2D eigenvalue weighted by molar-refractivity contribution is -0.384. The molecule has 1 aliphatic rings. The average Bonchev–Trinajstić information content (AvgIpc) is 3.11. The number of benzene rings is 1. The standard InChI is InChI=1S/C11H13ClN2O3.ClH/c12-8-4-3-7(5-9(8)14(16)17)10(13)11(15)6-1-2-6;/h3-6,10-11,15H,1-2,13H2;1H/t10-,11+;/m1./s1. The Morgan fingerprint density at radius 1 is 1.50 bits per heavy atom. The lowest BCUT2D eigenvalue weighted by Gasteiger charge is -2.18. The van der Waals surface area contributed by atoms with Crippen LogP contribution in [0.4, 0.5) is 5.69 Å². The van der Waals surface area contributed by atoms with Crippen molar-refractivity contribution in [3.8, 4) is 0 Å². The highest BCUT2D eigenvalue weighted by molar-refractivity contribution is 6.32. The largest absolute Gasteiger partial charge is 0.391 e. The topological polar surface area (TPSA) is 89.4 Å². The van der Waals surface area contributed by atoms with E-state index in [0.717, 1.165) is 12.8 Å². The number of halogens is 2. The quantitative estimate of drug-likeness (QED) is 0.659. The van der Waals surface area contributed by atoms with Gasteiger partial charge in [0.1, 0.15) is 5.02 Å². The van der Waals surface area contributed by atoms with Gasteiger partial charge in [-0.25, -0.2) is 0 Å². The second kappa shape index (κ2) is 5.84. The summed E-state index contributed by atoms with van der Waals surface area (Å²) < 4.78 is 0. The Hall–Kier alpha value is -0.880. The molecule has 1 saturated carbocycles. The molecule has 100 valence electrons. The molecule has 0 heterocycles. The zero-order chi connectivity index (χ0) is 12.6. The van der Waals surface area contributed by atoms with E-state index in [9.17, 15) is 15.2 Å². The number of nitrogens with zero attached hydrogens (tertiary/aromatic N) is 1. The molecule has 1 fully saturated rings. The summed E-state index contributed by atoms with van der Waals surface area (Å²) in [6.07, 6.45) is 1.28. The molecule has 2 rings (SSSR count). The number of hydrogen-bond acceptors (Lipinski definition) is 4. The lowest BCUT2D eigenvalue weighted by atomic mass is 9.99. The third-order valence-corrected chi connectivity index (χ3v) is 3.34. The van der Waals surface area contributed by atoms with Gasteiger partial charge in [0, 0.05) is 6.07 Å². The second-order valence-corrected chi connectivity index (χ2v) is 4.73. The van der Waals surface area contributed by atoms with Crippen LogP contribution in [0.5, 0.6) is 0 Å². The van der Waals surface area contributed by atoms with Gasteiger partial charge in [-0.3, -0.25) is 10.1 Å². The molecular weight excluding hydrogens is 279 g/mol. The van der Waals surface area contributed by atoms with Crippen molar-refractivity contribution in [2.24, 2.45) is 11.7 Å². The van der Waals surface area contributed by atoms with Crippen molar-refractivity contribution in [2.45, 2.75) is 25.0 Å². The Bertz CT molecular complexity index is 452. The summed E-state index contributed by atoms with van der Waals surface area (Å²) >= 11 is 5.71. The summed E-state index contributed by atoms with van der Waals surface area (Å²) in [6.45, 7) is 0. The molecule has 0 bridgehead atoms. The van der Waals surface area contributed by atoms with Gasteiger partial charge in [0.25, 0.3) is 5.69 Å². The van der Waals surface area contributed by atoms with E-state index in [1.807, 2.05) is 0 Å². The van der Waals surface area contributed by atoms with Crippen LogP contribution < -0.4 is 5.73 Å². The third kappa shape index (κ3) is 3.11. The van der Waals surface area contributed by atoms with Gasteiger partial charge in [-0.2, -0.15) is 0 Å². The summed E-state index contributed by atoms with van der Waals surface area (Å²) in [5, 5.41) is 20.7. The first-order valence-electron chi connectivity index (χ1n) is 5.38. The lowest BCUT2D eigenvalue weighted by Crippen LogP contribution is -2.27. The maximum Gasteiger partial charge on any atom is 0.288 e. The van der Waals surface area contributed by atoms with Crippen molar-refractivity contribution in [3.05, 3.63) is 38.9 Å². The Labute approximate surface area is 115 Å². The number of aliphatic hydroxyl groups is 1. The van der Waals surface area contributed by atoms with Crippen LogP contribution in [-0.2, 0) is 0 Å². The van der Waals surface area contributed by atoms with Crippen LogP contribution in [0.1, 0.15) is 24.4 Å². The van der Waals surface area contributed by atoms with E-state index >= 15 is 0 Å².